The second-order valence-corrected chi connectivity index (χ2v) is 6.04. The first kappa shape index (κ1) is 15.5. The molecular formula is C15H30N2O. The third-order valence-corrected chi connectivity index (χ3v) is 4.05. The SMILES string of the molecule is CC(N)CCCC(C)C(=O)N1CCCCCC1C. The van der Waals surface area contributed by atoms with Crippen LogP contribution in [0.5, 0.6) is 0 Å². The molecule has 1 amide bonds. The van der Waals surface area contributed by atoms with E-state index in [9.17, 15) is 4.79 Å². The molecule has 0 spiro atoms. The van der Waals surface area contributed by atoms with E-state index in [0.717, 1.165) is 32.2 Å². The summed E-state index contributed by atoms with van der Waals surface area (Å²) in [7, 11) is 0. The first-order chi connectivity index (χ1) is 8.52. The van der Waals surface area contributed by atoms with Crippen molar-refractivity contribution >= 4 is 5.91 Å². The van der Waals surface area contributed by atoms with Gasteiger partial charge >= 0.3 is 0 Å². The average molecular weight is 254 g/mol. The Balaban J connectivity index is 2.40. The van der Waals surface area contributed by atoms with Gasteiger partial charge in [0.25, 0.3) is 0 Å². The molecule has 106 valence electrons. The molecular weight excluding hydrogens is 224 g/mol. The minimum absolute atomic E-state index is 0.157. The van der Waals surface area contributed by atoms with Crippen molar-refractivity contribution in [2.75, 3.05) is 6.54 Å². The highest BCUT2D eigenvalue weighted by atomic mass is 16.2. The van der Waals surface area contributed by atoms with Crippen LogP contribution < -0.4 is 5.73 Å². The molecule has 3 unspecified atom stereocenters. The lowest BCUT2D eigenvalue weighted by Gasteiger charge is -2.30. The lowest BCUT2D eigenvalue weighted by Crippen LogP contribution is -2.41. The van der Waals surface area contributed by atoms with Gasteiger partial charge in [0.1, 0.15) is 0 Å². The van der Waals surface area contributed by atoms with Gasteiger partial charge in [-0.05, 0) is 39.5 Å². The minimum Gasteiger partial charge on any atom is -0.340 e. The normalized spacial score (nSPS) is 24.4. The Morgan fingerprint density at radius 1 is 1.28 bits per heavy atom. The van der Waals surface area contributed by atoms with E-state index in [-0.39, 0.29) is 12.0 Å². The van der Waals surface area contributed by atoms with Gasteiger partial charge in [-0.1, -0.05) is 26.2 Å². The number of rotatable bonds is 5. The highest BCUT2D eigenvalue weighted by Gasteiger charge is 2.25. The maximum Gasteiger partial charge on any atom is 0.225 e. The molecule has 18 heavy (non-hydrogen) atoms. The fourth-order valence-corrected chi connectivity index (χ4v) is 2.75. The fraction of sp³-hybridized carbons (Fsp3) is 0.933. The van der Waals surface area contributed by atoms with Gasteiger partial charge in [0.2, 0.25) is 5.91 Å². The fourth-order valence-electron chi connectivity index (χ4n) is 2.75. The maximum absolute atomic E-state index is 12.4. The van der Waals surface area contributed by atoms with Gasteiger partial charge in [-0.25, -0.2) is 0 Å². The zero-order valence-electron chi connectivity index (χ0n) is 12.3. The smallest absolute Gasteiger partial charge is 0.225 e. The molecule has 3 nitrogen and oxygen atoms in total. The molecule has 0 aliphatic carbocycles. The zero-order valence-corrected chi connectivity index (χ0v) is 12.3. The van der Waals surface area contributed by atoms with Crippen LogP contribution in [0.1, 0.15) is 65.7 Å². The van der Waals surface area contributed by atoms with Crippen LogP contribution in [-0.4, -0.2) is 29.4 Å². The Morgan fingerprint density at radius 2 is 2.00 bits per heavy atom. The van der Waals surface area contributed by atoms with E-state index in [0.29, 0.717) is 11.9 Å². The number of hydrogen-bond donors (Lipinski definition) is 1. The molecule has 0 aromatic carbocycles. The summed E-state index contributed by atoms with van der Waals surface area (Å²) in [5.74, 6) is 0.512. The molecule has 1 fully saturated rings. The van der Waals surface area contributed by atoms with E-state index in [1.54, 1.807) is 0 Å². The van der Waals surface area contributed by atoms with Gasteiger partial charge in [0, 0.05) is 24.5 Å². The standard InChI is InChI=1S/C15H30N2O/c1-12(8-7-9-13(2)16)15(18)17-11-6-4-5-10-14(17)3/h12-14H,4-11,16H2,1-3H3. The third-order valence-electron chi connectivity index (χ3n) is 4.05. The molecule has 1 aliphatic rings. The molecule has 0 aromatic heterocycles. The summed E-state index contributed by atoms with van der Waals surface area (Å²) in [6, 6.07) is 0.681. The molecule has 0 aromatic rings. The molecule has 3 heteroatoms. The molecule has 0 bridgehead atoms. The molecule has 1 rings (SSSR count). The Hall–Kier alpha value is -0.570. The van der Waals surface area contributed by atoms with Crippen LogP contribution in [-0.2, 0) is 4.79 Å². The topological polar surface area (TPSA) is 46.3 Å². The van der Waals surface area contributed by atoms with Crippen molar-refractivity contribution < 1.29 is 4.79 Å². The number of nitrogens with two attached hydrogens (primary N) is 1. The summed E-state index contributed by atoms with van der Waals surface area (Å²) in [6.45, 7) is 7.25. The van der Waals surface area contributed by atoms with Crippen molar-refractivity contribution in [1.29, 1.82) is 0 Å². The van der Waals surface area contributed by atoms with Crippen LogP contribution in [0.15, 0.2) is 0 Å². The van der Waals surface area contributed by atoms with E-state index in [1.807, 2.05) is 6.92 Å². The van der Waals surface area contributed by atoms with Gasteiger partial charge < -0.3 is 10.6 Å². The number of likely N-dealkylation sites (tertiary alicyclic amines) is 1. The van der Waals surface area contributed by atoms with E-state index < -0.39 is 0 Å². The van der Waals surface area contributed by atoms with Crippen molar-refractivity contribution in [3.05, 3.63) is 0 Å². The molecule has 1 aliphatic heterocycles. The lowest BCUT2D eigenvalue weighted by molar-refractivity contribution is -0.137. The summed E-state index contributed by atoms with van der Waals surface area (Å²) in [6.07, 6.45) is 7.93. The van der Waals surface area contributed by atoms with Crippen LogP contribution in [0.4, 0.5) is 0 Å². The van der Waals surface area contributed by atoms with Crippen molar-refractivity contribution in [1.82, 2.24) is 4.90 Å². The molecule has 0 saturated carbocycles. The first-order valence-corrected chi connectivity index (χ1v) is 7.58. The zero-order chi connectivity index (χ0) is 13.5. The van der Waals surface area contributed by atoms with E-state index in [4.69, 9.17) is 5.73 Å². The monoisotopic (exact) mass is 254 g/mol. The summed E-state index contributed by atoms with van der Waals surface area (Å²) >= 11 is 0. The first-order valence-electron chi connectivity index (χ1n) is 7.58. The minimum atomic E-state index is 0.157. The summed E-state index contributed by atoms with van der Waals surface area (Å²) in [5.41, 5.74) is 5.74. The van der Waals surface area contributed by atoms with E-state index in [1.165, 1.54) is 19.3 Å². The van der Waals surface area contributed by atoms with Crippen LogP contribution in [0.25, 0.3) is 0 Å². The van der Waals surface area contributed by atoms with Crippen LogP contribution in [0.3, 0.4) is 0 Å². The average Bonchev–Trinajstić information content (AvgIpc) is 2.52. The van der Waals surface area contributed by atoms with Crippen LogP contribution >= 0.6 is 0 Å². The number of amides is 1. The second-order valence-electron chi connectivity index (χ2n) is 6.04. The molecule has 1 saturated heterocycles. The van der Waals surface area contributed by atoms with Gasteiger partial charge in [-0.3, -0.25) is 4.79 Å². The molecule has 3 atom stereocenters. The third kappa shape index (κ3) is 4.97. The van der Waals surface area contributed by atoms with E-state index >= 15 is 0 Å². The number of carbonyl (C=O) groups is 1. The van der Waals surface area contributed by atoms with Crippen LogP contribution in [0.2, 0.25) is 0 Å². The highest BCUT2D eigenvalue weighted by molar-refractivity contribution is 5.78. The predicted molar refractivity (Wildman–Crippen MR) is 76.3 cm³/mol. The van der Waals surface area contributed by atoms with Crippen molar-refractivity contribution in [2.45, 2.75) is 77.8 Å². The Morgan fingerprint density at radius 3 is 2.67 bits per heavy atom. The molecule has 2 N–H and O–H groups in total. The van der Waals surface area contributed by atoms with Gasteiger partial charge in [-0.2, -0.15) is 0 Å². The van der Waals surface area contributed by atoms with Crippen molar-refractivity contribution in [2.24, 2.45) is 11.7 Å². The lowest BCUT2D eigenvalue weighted by atomic mass is 10.00. The predicted octanol–water partition coefficient (Wildman–Crippen LogP) is 2.93. The van der Waals surface area contributed by atoms with Crippen molar-refractivity contribution in [3.63, 3.8) is 0 Å². The van der Waals surface area contributed by atoms with Gasteiger partial charge in [-0.15, -0.1) is 0 Å². The van der Waals surface area contributed by atoms with Crippen molar-refractivity contribution in [3.8, 4) is 0 Å². The quantitative estimate of drug-likeness (QED) is 0.820. The Bertz CT molecular complexity index is 253. The van der Waals surface area contributed by atoms with E-state index in [2.05, 4.69) is 18.7 Å². The highest BCUT2D eigenvalue weighted by Crippen LogP contribution is 2.20. The largest absolute Gasteiger partial charge is 0.340 e. The van der Waals surface area contributed by atoms with Gasteiger partial charge in [0.05, 0.1) is 0 Å². The van der Waals surface area contributed by atoms with Gasteiger partial charge in [0.15, 0.2) is 0 Å². The summed E-state index contributed by atoms with van der Waals surface area (Å²) in [4.78, 5) is 14.5. The Kier molecular flexibility index (Phi) is 6.69. The summed E-state index contributed by atoms with van der Waals surface area (Å²) < 4.78 is 0. The number of hydrogen-bond acceptors (Lipinski definition) is 2. The number of nitrogens with zero attached hydrogens (tertiary/aromatic N) is 1. The summed E-state index contributed by atoms with van der Waals surface area (Å²) in [5, 5.41) is 0. The number of carbonyl (C=O) groups excluding carboxylic acids is 1. The van der Waals surface area contributed by atoms with Crippen LogP contribution in [0, 0.1) is 5.92 Å². The Labute approximate surface area is 112 Å². The molecule has 0 radical (unpaired) electrons. The maximum atomic E-state index is 12.4. The molecule has 1 heterocycles. The second kappa shape index (κ2) is 7.78.